The molecule has 8 heteroatoms. The van der Waals surface area contributed by atoms with Gasteiger partial charge in [-0.2, -0.15) is 0 Å². The van der Waals surface area contributed by atoms with Crippen LogP contribution < -0.4 is 0 Å². The predicted octanol–water partition coefficient (Wildman–Crippen LogP) is 2.40. The molecule has 1 aromatic carbocycles. The van der Waals surface area contributed by atoms with Crippen molar-refractivity contribution in [3.8, 4) is 0 Å². The number of benzene rings is 1. The fourth-order valence-electron chi connectivity index (χ4n) is 4.25. The van der Waals surface area contributed by atoms with Gasteiger partial charge in [0.15, 0.2) is 0 Å². The van der Waals surface area contributed by atoms with Crippen LogP contribution in [0.4, 0.5) is 0 Å². The first-order valence-electron chi connectivity index (χ1n) is 10.3. The van der Waals surface area contributed by atoms with Crippen LogP contribution in [0.3, 0.4) is 0 Å². The van der Waals surface area contributed by atoms with Gasteiger partial charge in [-0.15, -0.1) is 0 Å². The zero-order chi connectivity index (χ0) is 21.7. The van der Waals surface area contributed by atoms with Gasteiger partial charge in [0.05, 0.1) is 24.7 Å². The SMILES string of the molecule is COCCN1C(=O)C[C@@](CC(=O)N(C)C[C@@H]2CCCCO2)(c2ccccc2Cl)C1=O. The first-order chi connectivity index (χ1) is 14.4. The Hall–Kier alpha value is -1.96. The molecule has 30 heavy (non-hydrogen) atoms. The average Bonchev–Trinajstić information content (AvgIpc) is 2.97. The Morgan fingerprint density at radius 3 is 2.77 bits per heavy atom. The number of rotatable bonds is 8. The molecule has 0 bridgehead atoms. The van der Waals surface area contributed by atoms with Gasteiger partial charge in [-0.25, -0.2) is 0 Å². The molecule has 164 valence electrons. The number of hydrogen-bond acceptors (Lipinski definition) is 5. The number of carbonyl (C=O) groups is 3. The van der Waals surface area contributed by atoms with E-state index >= 15 is 0 Å². The van der Waals surface area contributed by atoms with Gasteiger partial charge in [0.25, 0.3) is 0 Å². The molecule has 0 aliphatic carbocycles. The topological polar surface area (TPSA) is 76.2 Å². The normalized spacial score (nSPS) is 24.4. The summed E-state index contributed by atoms with van der Waals surface area (Å²) in [6, 6.07) is 6.93. The number of methoxy groups -OCH3 is 1. The van der Waals surface area contributed by atoms with Gasteiger partial charge in [0, 0.05) is 45.2 Å². The Morgan fingerprint density at radius 2 is 2.10 bits per heavy atom. The maximum absolute atomic E-state index is 13.4. The number of likely N-dealkylation sites (tertiary alicyclic amines) is 1. The van der Waals surface area contributed by atoms with E-state index in [4.69, 9.17) is 21.1 Å². The lowest BCUT2D eigenvalue weighted by Crippen LogP contribution is -2.45. The lowest BCUT2D eigenvalue weighted by molar-refractivity contribution is -0.143. The maximum Gasteiger partial charge on any atom is 0.241 e. The predicted molar refractivity (Wildman–Crippen MR) is 112 cm³/mol. The van der Waals surface area contributed by atoms with E-state index in [2.05, 4.69) is 0 Å². The molecule has 0 radical (unpaired) electrons. The summed E-state index contributed by atoms with van der Waals surface area (Å²) in [5.74, 6) is -0.921. The van der Waals surface area contributed by atoms with Crippen LogP contribution in [-0.4, -0.2) is 74.1 Å². The van der Waals surface area contributed by atoms with E-state index in [1.807, 2.05) is 0 Å². The largest absolute Gasteiger partial charge is 0.383 e. The Labute approximate surface area is 182 Å². The lowest BCUT2D eigenvalue weighted by atomic mass is 9.75. The first kappa shape index (κ1) is 22.7. The monoisotopic (exact) mass is 436 g/mol. The number of ether oxygens (including phenoxy) is 2. The number of likely N-dealkylation sites (N-methyl/N-ethyl adjacent to an activating group) is 1. The minimum atomic E-state index is -1.30. The molecule has 2 fully saturated rings. The molecule has 0 unspecified atom stereocenters. The maximum atomic E-state index is 13.4. The molecule has 0 saturated carbocycles. The molecule has 3 rings (SSSR count). The van der Waals surface area contributed by atoms with Crippen LogP contribution in [0.15, 0.2) is 24.3 Å². The number of nitrogens with zero attached hydrogens (tertiary/aromatic N) is 2. The van der Waals surface area contributed by atoms with E-state index in [1.165, 1.54) is 12.0 Å². The summed E-state index contributed by atoms with van der Waals surface area (Å²) in [4.78, 5) is 42.1. The van der Waals surface area contributed by atoms with Gasteiger partial charge in [0.2, 0.25) is 17.7 Å². The van der Waals surface area contributed by atoms with E-state index in [-0.39, 0.29) is 43.9 Å². The van der Waals surface area contributed by atoms with Gasteiger partial charge in [-0.3, -0.25) is 19.3 Å². The fourth-order valence-corrected chi connectivity index (χ4v) is 4.57. The lowest BCUT2D eigenvalue weighted by Gasteiger charge is -2.32. The van der Waals surface area contributed by atoms with Crippen molar-refractivity contribution in [2.75, 3.05) is 40.5 Å². The zero-order valence-corrected chi connectivity index (χ0v) is 18.3. The molecule has 2 atom stereocenters. The van der Waals surface area contributed by atoms with Crippen LogP contribution in [0, 0.1) is 0 Å². The second kappa shape index (κ2) is 9.90. The smallest absolute Gasteiger partial charge is 0.241 e. The summed E-state index contributed by atoms with van der Waals surface area (Å²) in [6.07, 6.45) is 2.83. The molecule has 0 spiro atoms. The molecule has 0 aromatic heterocycles. The molecular formula is C22H29ClN2O5. The number of hydrogen-bond donors (Lipinski definition) is 0. The van der Waals surface area contributed by atoms with Gasteiger partial charge in [-0.1, -0.05) is 29.8 Å². The summed E-state index contributed by atoms with van der Waals surface area (Å²) >= 11 is 6.43. The zero-order valence-electron chi connectivity index (χ0n) is 17.6. The van der Waals surface area contributed by atoms with Gasteiger partial charge < -0.3 is 14.4 Å². The van der Waals surface area contributed by atoms with Gasteiger partial charge >= 0.3 is 0 Å². The highest BCUT2D eigenvalue weighted by molar-refractivity contribution is 6.32. The second-order valence-electron chi connectivity index (χ2n) is 8.02. The van der Waals surface area contributed by atoms with Crippen LogP contribution in [-0.2, 0) is 29.3 Å². The summed E-state index contributed by atoms with van der Waals surface area (Å²) in [6.45, 7) is 1.56. The molecule has 3 amide bonds. The minimum Gasteiger partial charge on any atom is -0.383 e. The number of carbonyl (C=O) groups excluding carboxylic acids is 3. The van der Waals surface area contributed by atoms with E-state index in [1.54, 1.807) is 36.2 Å². The molecule has 7 nitrogen and oxygen atoms in total. The van der Waals surface area contributed by atoms with Crippen molar-refractivity contribution >= 4 is 29.3 Å². The molecule has 2 heterocycles. The molecule has 1 aromatic rings. The van der Waals surface area contributed by atoms with Crippen molar-refractivity contribution in [1.82, 2.24) is 9.80 Å². The van der Waals surface area contributed by atoms with E-state index in [0.717, 1.165) is 19.3 Å². The van der Waals surface area contributed by atoms with E-state index in [0.29, 0.717) is 23.7 Å². The molecular weight excluding hydrogens is 408 g/mol. The van der Waals surface area contributed by atoms with Crippen molar-refractivity contribution in [2.45, 2.75) is 43.6 Å². The molecule has 2 aliphatic rings. The average molecular weight is 437 g/mol. The molecule has 2 aliphatic heterocycles. The number of amides is 3. The third-order valence-corrected chi connectivity index (χ3v) is 6.28. The van der Waals surface area contributed by atoms with Crippen LogP contribution in [0.5, 0.6) is 0 Å². The van der Waals surface area contributed by atoms with Gasteiger partial charge in [0.1, 0.15) is 0 Å². The van der Waals surface area contributed by atoms with Crippen molar-refractivity contribution in [2.24, 2.45) is 0 Å². The Kier molecular flexibility index (Phi) is 7.50. The van der Waals surface area contributed by atoms with E-state index in [9.17, 15) is 14.4 Å². The van der Waals surface area contributed by atoms with Gasteiger partial charge in [-0.05, 0) is 30.9 Å². The van der Waals surface area contributed by atoms with Crippen molar-refractivity contribution in [3.63, 3.8) is 0 Å². The van der Waals surface area contributed by atoms with Crippen molar-refractivity contribution in [1.29, 1.82) is 0 Å². The summed E-state index contributed by atoms with van der Waals surface area (Å²) in [7, 11) is 3.22. The Bertz CT molecular complexity index is 795. The van der Waals surface area contributed by atoms with E-state index < -0.39 is 11.3 Å². The first-order valence-corrected chi connectivity index (χ1v) is 10.7. The second-order valence-corrected chi connectivity index (χ2v) is 8.43. The summed E-state index contributed by atoms with van der Waals surface area (Å²) < 4.78 is 10.8. The third kappa shape index (κ3) is 4.68. The number of imide groups is 1. The summed E-state index contributed by atoms with van der Waals surface area (Å²) in [5.41, 5.74) is -0.789. The van der Waals surface area contributed by atoms with Crippen LogP contribution in [0.25, 0.3) is 0 Å². The minimum absolute atomic E-state index is 0.00285. The third-order valence-electron chi connectivity index (χ3n) is 5.95. The standard InChI is InChI=1S/C22H29ClN2O5/c1-24(15-16-7-5-6-11-30-16)19(26)13-22(17-8-3-4-9-18(17)23)14-20(27)25(21(22)28)10-12-29-2/h3-4,8-9,16H,5-7,10-15H2,1-2H3/t16-,22-/m0/s1. The van der Waals surface area contributed by atoms with Crippen LogP contribution >= 0.6 is 11.6 Å². The Balaban J connectivity index is 1.85. The molecule has 0 N–H and O–H groups in total. The quantitative estimate of drug-likeness (QED) is 0.585. The van der Waals surface area contributed by atoms with Crippen LogP contribution in [0.1, 0.15) is 37.7 Å². The Morgan fingerprint density at radius 1 is 1.33 bits per heavy atom. The molecule has 2 saturated heterocycles. The highest BCUT2D eigenvalue weighted by Crippen LogP contribution is 2.43. The number of halogens is 1. The highest BCUT2D eigenvalue weighted by Gasteiger charge is 2.54. The van der Waals surface area contributed by atoms with Crippen LogP contribution in [0.2, 0.25) is 5.02 Å². The summed E-state index contributed by atoms with van der Waals surface area (Å²) in [5, 5.41) is 0.373. The fraction of sp³-hybridized carbons (Fsp3) is 0.591. The highest BCUT2D eigenvalue weighted by atomic mass is 35.5. The van der Waals surface area contributed by atoms with Crippen molar-refractivity contribution < 1.29 is 23.9 Å². The van der Waals surface area contributed by atoms with Crippen molar-refractivity contribution in [3.05, 3.63) is 34.9 Å².